The number of carboxylic acids is 1. The molecule has 0 atom stereocenters. The van der Waals surface area contributed by atoms with Gasteiger partial charge >= 0.3 is 0 Å². The molecule has 0 saturated heterocycles. The zero-order valence-corrected chi connectivity index (χ0v) is 12.5. The van der Waals surface area contributed by atoms with Gasteiger partial charge in [0.25, 0.3) is 0 Å². The van der Waals surface area contributed by atoms with Crippen LogP contribution in [0.5, 0.6) is 0 Å². The minimum Gasteiger partial charge on any atom is -0.744 e. The molecule has 22 heavy (non-hydrogen) atoms. The molecule has 0 aliphatic heterocycles. The van der Waals surface area contributed by atoms with Crippen molar-refractivity contribution in [3.8, 4) is 0 Å². The van der Waals surface area contributed by atoms with Crippen molar-refractivity contribution in [1.29, 1.82) is 0 Å². The van der Waals surface area contributed by atoms with Gasteiger partial charge in [0, 0.05) is 19.7 Å². The highest BCUT2D eigenvalue weighted by Gasteiger charge is 2.11. The lowest BCUT2D eigenvalue weighted by Crippen LogP contribution is -2.33. The van der Waals surface area contributed by atoms with Crippen LogP contribution in [0.1, 0.15) is 6.92 Å². The third kappa shape index (κ3) is 5.46. The summed E-state index contributed by atoms with van der Waals surface area (Å²) in [4.78, 5) is 20.7. The van der Waals surface area contributed by atoms with Crippen molar-refractivity contribution in [1.82, 2.24) is 5.01 Å². The zero-order valence-electron chi connectivity index (χ0n) is 11.6. The van der Waals surface area contributed by atoms with E-state index in [1.54, 1.807) is 0 Å². The van der Waals surface area contributed by atoms with Gasteiger partial charge in [0.2, 0.25) is 5.91 Å². The van der Waals surface area contributed by atoms with Gasteiger partial charge in [-0.15, -0.1) is 5.11 Å². The summed E-state index contributed by atoms with van der Waals surface area (Å²) >= 11 is 0. The molecule has 1 amide bonds. The highest BCUT2D eigenvalue weighted by atomic mass is 32.2. The summed E-state index contributed by atoms with van der Waals surface area (Å²) in [6, 6.07) is 3.32. The maximum Gasteiger partial charge on any atom is 0.221 e. The number of amides is 1. The van der Waals surface area contributed by atoms with E-state index in [0.717, 1.165) is 17.1 Å². The fourth-order valence-corrected chi connectivity index (χ4v) is 2.02. The molecule has 1 rings (SSSR count). The predicted octanol–water partition coefficient (Wildman–Crippen LogP) is -0.770. The van der Waals surface area contributed by atoms with Gasteiger partial charge in [-0.1, -0.05) is 5.22 Å². The number of likely N-dealkylation sites (N-methyl/N-ethyl adjacent to an activating group) is 1. The molecule has 1 aromatic rings. The number of hydrogen-bond acceptors (Lipinski definition) is 8. The van der Waals surface area contributed by atoms with Crippen molar-refractivity contribution in [3.05, 3.63) is 18.2 Å². The predicted molar refractivity (Wildman–Crippen MR) is 70.9 cm³/mol. The van der Waals surface area contributed by atoms with Gasteiger partial charge in [-0.05, 0) is 18.2 Å². The standard InChI is InChI=1S/C11H14N4O6S/c1-7(16)12-8-3-4-10(22(19,20)21)9(5-8)13-14-15(2)6-11(17)18/h3-5H,6H2,1-2H3,(H,12,16)(H,17,18)(H,19,20,21)/p-2. The number of carboxylic acid groups (broad SMARTS) is 1. The normalized spacial score (nSPS) is 11.4. The second-order valence-corrected chi connectivity index (χ2v) is 5.54. The molecule has 0 radical (unpaired) electrons. The van der Waals surface area contributed by atoms with Crippen LogP contribution >= 0.6 is 0 Å². The van der Waals surface area contributed by atoms with Crippen LogP contribution in [0.4, 0.5) is 11.4 Å². The van der Waals surface area contributed by atoms with Gasteiger partial charge in [0.1, 0.15) is 15.8 Å². The molecule has 0 aliphatic carbocycles. The van der Waals surface area contributed by atoms with Crippen LogP contribution in [0.3, 0.4) is 0 Å². The Morgan fingerprint density at radius 1 is 1.36 bits per heavy atom. The van der Waals surface area contributed by atoms with Crippen LogP contribution in [-0.2, 0) is 19.7 Å². The van der Waals surface area contributed by atoms with E-state index < -0.39 is 33.4 Å². The molecule has 0 aliphatic rings. The number of aliphatic carboxylic acids is 1. The van der Waals surface area contributed by atoms with Crippen LogP contribution in [0.15, 0.2) is 33.4 Å². The SMILES string of the molecule is CC(=O)Nc1ccc(S(=O)(=O)[O-])c(N=NN(C)CC(=O)[O-])c1. The number of rotatable bonds is 6. The fraction of sp³-hybridized carbons (Fsp3) is 0.273. The quantitative estimate of drug-likeness (QED) is 0.408. The molecule has 1 N–H and O–H groups in total. The number of anilines is 1. The Kier molecular flexibility index (Phi) is 5.54. The Morgan fingerprint density at radius 3 is 2.50 bits per heavy atom. The topological polar surface area (TPSA) is 154 Å². The lowest BCUT2D eigenvalue weighted by atomic mass is 10.3. The van der Waals surface area contributed by atoms with Crippen molar-refractivity contribution >= 4 is 33.4 Å². The van der Waals surface area contributed by atoms with Crippen LogP contribution in [0.2, 0.25) is 0 Å². The van der Waals surface area contributed by atoms with E-state index in [-0.39, 0.29) is 11.4 Å². The van der Waals surface area contributed by atoms with Gasteiger partial charge in [-0.2, -0.15) is 0 Å². The lowest BCUT2D eigenvalue weighted by molar-refractivity contribution is -0.306. The average molecular weight is 328 g/mol. The van der Waals surface area contributed by atoms with Gasteiger partial charge in [0.05, 0.1) is 17.4 Å². The van der Waals surface area contributed by atoms with E-state index in [1.807, 2.05) is 0 Å². The molecule has 0 fully saturated rings. The maximum atomic E-state index is 11.1. The van der Waals surface area contributed by atoms with E-state index >= 15 is 0 Å². The first kappa shape index (κ1) is 17.5. The monoisotopic (exact) mass is 328 g/mol. The molecule has 11 heteroatoms. The summed E-state index contributed by atoms with van der Waals surface area (Å²) in [5.41, 5.74) is -0.122. The second kappa shape index (κ2) is 6.95. The first-order chi connectivity index (χ1) is 10.1. The van der Waals surface area contributed by atoms with E-state index in [4.69, 9.17) is 0 Å². The van der Waals surface area contributed by atoms with Crippen LogP contribution in [0.25, 0.3) is 0 Å². The average Bonchev–Trinajstić information content (AvgIpc) is 2.33. The number of nitrogens with zero attached hydrogens (tertiary/aromatic N) is 3. The lowest BCUT2D eigenvalue weighted by Gasteiger charge is -2.14. The minimum absolute atomic E-state index is 0.205. The van der Waals surface area contributed by atoms with Crippen LogP contribution in [0, 0.1) is 0 Å². The van der Waals surface area contributed by atoms with Crippen molar-refractivity contribution in [2.24, 2.45) is 10.3 Å². The second-order valence-electron chi connectivity index (χ2n) is 4.20. The van der Waals surface area contributed by atoms with Crippen molar-refractivity contribution in [2.75, 3.05) is 18.9 Å². The Bertz CT molecular complexity index is 715. The molecule has 1 aromatic carbocycles. The Hall–Kier alpha value is -2.53. The van der Waals surface area contributed by atoms with Gasteiger partial charge in [0.15, 0.2) is 0 Å². The molecule has 0 unspecified atom stereocenters. The minimum atomic E-state index is -4.81. The van der Waals surface area contributed by atoms with Crippen molar-refractivity contribution in [3.63, 3.8) is 0 Å². The van der Waals surface area contributed by atoms with Crippen LogP contribution in [-0.4, -0.2) is 43.4 Å². The first-order valence-electron chi connectivity index (χ1n) is 5.80. The molecule has 0 spiro atoms. The van der Waals surface area contributed by atoms with E-state index in [2.05, 4.69) is 15.7 Å². The van der Waals surface area contributed by atoms with Gasteiger partial charge < -0.3 is 19.8 Å². The summed E-state index contributed by atoms with van der Waals surface area (Å²) in [6.07, 6.45) is 0. The fourth-order valence-electron chi connectivity index (χ4n) is 1.43. The number of benzene rings is 1. The Morgan fingerprint density at radius 2 is 2.00 bits per heavy atom. The Labute approximate surface area is 126 Å². The molecule has 120 valence electrons. The molecular weight excluding hydrogens is 316 g/mol. The maximum absolute atomic E-state index is 11.1. The van der Waals surface area contributed by atoms with Gasteiger partial charge in [-0.25, -0.2) is 8.42 Å². The first-order valence-corrected chi connectivity index (χ1v) is 7.20. The number of hydrogen-bond donors (Lipinski definition) is 1. The molecule has 0 bridgehead atoms. The third-order valence-electron chi connectivity index (χ3n) is 2.21. The molecule has 0 heterocycles. The highest BCUT2D eigenvalue weighted by molar-refractivity contribution is 7.86. The number of nitrogens with one attached hydrogen (secondary N) is 1. The van der Waals surface area contributed by atoms with E-state index in [0.29, 0.717) is 0 Å². The summed E-state index contributed by atoms with van der Waals surface area (Å²) in [7, 11) is -3.55. The smallest absolute Gasteiger partial charge is 0.221 e. The summed E-state index contributed by atoms with van der Waals surface area (Å²) < 4.78 is 33.4. The Balaban J connectivity index is 3.19. The van der Waals surface area contributed by atoms with Gasteiger partial charge in [-0.3, -0.25) is 9.80 Å². The molecular formula is C11H12N4O6S-2. The van der Waals surface area contributed by atoms with Crippen molar-refractivity contribution < 1.29 is 27.7 Å². The van der Waals surface area contributed by atoms with Crippen molar-refractivity contribution in [2.45, 2.75) is 11.8 Å². The van der Waals surface area contributed by atoms with E-state index in [9.17, 15) is 27.7 Å². The number of carbonyl (C=O) groups is 2. The highest BCUT2D eigenvalue weighted by Crippen LogP contribution is 2.28. The molecule has 0 aromatic heterocycles. The van der Waals surface area contributed by atoms with E-state index in [1.165, 1.54) is 20.0 Å². The zero-order chi connectivity index (χ0) is 16.9. The summed E-state index contributed by atoms with van der Waals surface area (Å²) in [5, 5.41) is 20.6. The molecule has 10 nitrogen and oxygen atoms in total. The summed E-state index contributed by atoms with van der Waals surface area (Å²) in [5.74, 6) is -1.82. The summed E-state index contributed by atoms with van der Waals surface area (Å²) in [6.45, 7) is 0.668. The largest absolute Gasteiger partial charge is 0.744 e. The third-order valence-corrected chi connectivity index (χ3v) is 3.10. The number of carbonyl (C=O) groups excluding carboxylic acids is 2. The molecule has 0 saturated carbocycles. The van der Waals surface area contributed by atoms with Crippen LogP contribution < -0.4 is 10.4 Å².